The first-order valence-electron chi connectivity index (χ1n) is 9.05. The van der Waals surface area contributed by atoms with E-state index in [4.69, 9.17) is 4.74 Å². The number of thioether (sulfide) groups is 1. The molecule has 2 heterocycles. The van der Waals surface area contributed by atoms with Crippen molar-refractivity contribution in [3.8, 4) is 11.1 Å². The zero-order chi connectivity index (χ0) is 19.4. The lowest BCUT2D eigenvalue weighted by molar-refractivity contribution is -0.140. The Labute approximate surface area is 168 Å². The Morgan fingerprint density at radius 3 is 2.63 bits per heavy atom. The molecule has 0 saturated carbocycles. The van der Waals surface area contributed by atoms with Crippen LogP contribution in [-0.4, -0.2) is 28.8 Å². The Hall–Kier alpha value is -1.92. The van der Waals surface area contributed by atoms with Crippen molar-refractivity contribution >= 4 is 39.3 Å². The van der Waals surface area contributed by atoms with E-state index in [0.29, 0.717) is 12.3 Å². The van der Waals surface area contributed by atoms with E-state index in [2.05, 4.69) is 53.5 Å². The maximum atomic E-state index is 11.3. The van der Waals surface area contributed by atoms with Gasteiger partial charge < -0.3 is 4.74 Å². The van der Waals surface area contributed by atoms with Crippen molar-refractivity contribution in [2.75, 3.05) is 12.9 Å². The molecule has 0 radical (unpaired) electrons. The maximum absolute atomic E-state index is 11.3. The van der Waals surface area contributed by atoms with Gasteiger partial charge in [-0.2, -0.15) is 0 Å². The highest BCUT2D eigenvalue weighted by molar-refractivity contribution is 7.99. The monoisotopic (exact) mass is 400 g/mol. The molecule has 2 aromatic heterocycles. The number of rotatable bonds is 7. The standard InChI is InChI=1S/C21H24N2O2S2/c1-13(2)15-7-9-16(10-8-15)17-12-27-21-19(17)20(22-14(3)23-21)26-11-5-6-18(24)25-4/h7-10,12-13H,5-6,11H2,1-4H3. The molecule has 1 aromatic carbocycles. The highest BCUT2D eigenvalue weighted by Crippen LogP contribution is 2.38. The predicted molar refractivity (Wildman–Crippen MR) is 114 cm³/mol. The van der Waals surface area contributed by atoms with Gasteiger partial charge in [-0.05, 0) is 30.4 Å². The summed E-state index contributed by atoms with van der Waals surface area (Å²) in [5, 5.41) is 4.28. The van der Waals surface area contributed by atoms with E-state index in [1.165, 1.54) is 23.8 Å². The maximum Gasteiger partial charge on any atom is 0.305 e. The number of fused-ring (bicyclic) bond motifs is 1. The van der Waals surface area contributed by atoms with Crippen LogP contribution in [0, 0.1) is 6.92 Å². The fraction of sp³-hybridized carbons (Fsp3) is 0.381. The van der Waals surface area contributed by atoms with Crippen LogP contribution in [0.15, 0.2) is 34.7 Å². The average molecular weight is 401 g/mol. The molecule has 27 heavy (non-hydrogen) atoms. The Bertz CT molecular complexity index is 933. The minimum absolute atomic E-state index is 0.166. The molecular formula is C21H24N2O2S2. The molecule has 0 N–H and O–H groups in total. The van der Waals surface area contributed by atoms with Crippen LogP contribution in [0.3, 0.4) is 0 Å². The van der Waals surface area contributed by atoms with Crippen molar-refractivity contribution in [2.45, 2.75) is 44.6 Å². The molecule has 0 aliphatic carbocycles. The Morgan fingerprint density at radius 1 is 1.22 bits per heavy atom. The molecule has 0 fully saturated rings. The summed E-state index contributed by atoms with van der Waals surface area (Å²) in [5.74, 6) is 1.95. The zero-order valence-corrected chi connectivity index (χ0v) is 17.7. The summed E-state index contributed by atoms with van der Waals surface area (Å²) in [5.41, 5.74) is 3.71. The topological polar surface area (TPSA) is 52.1 Å². The number of methoxy groups -OCH3 is 1. The van der Waals surface area contributed by atoms with E-state index in [9.17, 15) is 4.79 Å². The van der Waals surface area contributed by atoms with Gasteiger partial charge >= 0.3 is 5.97 Å². The number of carbonyl (C=O) groups excluding carboxylic acids is 1. The molecule has 0 bridgehead atoms. The quantitative estimate of drug-likeness (QED) is 0.216. The second-order valence-corrected chi connectivity index (χ2v) is 8.65. The molecule has 0 aliphatic heterocycles. The normalized spacial score (nSPS) is 11.3. The Balaban J connectivity index is 1.89. The van der Waals surface area contributed by atoms with Crippen LogP contribution in [0.4, 0.5) is 0 Å². The van der Waals surface area contributed by atoms with Crippen molar-refractivity contribution in [2.24, 2.45) is 0 Å². The lowest BCUT2D eigenvalue weighted by Crippen LogP contribution is -2.00. The van der Waals surface area contributed by atoms with Crippen molar-refractivity contribution < 1.29 is 9.53 Å². The van der Waals surface area contributed by atoms with Crippen LogP contribution in [0.5, 0.6) is 0 Å². The smallest absolute Gasteiger partial charge is 0.305 e. The molecule has 0 spiro atoms. The second kappa shape index (κ2) is 8.85. The fourth-order valence-electron chi connectivity index (χ4n) is 2.86. The Morgan fingerprint density at radius 2 is 1.96 bits per heavy atom. The average Bonchev–Trinajstić information content (AvgIpc) is 3.08. The van der Waals surface area contributed by atoms with E-state index in [1.807, 2.05) is 6.92 Å². The first-order valence-corrected chi connectivity index (χ1v) is 10.9. The number of aromatic nitrogens is 2. The van der Waals surface area contributed by atoms with Crippen LogP contribution in [0.25, 0.3) is 21.3 Å². The predicted octanol–water partition coefficient (Wildman–Crippen LogP) is 5.84. The van der Waals surface area contributed by atoms with Gasteiger partial charge in [0, 0.05) is 23.1 Å². The van der Waals surface area contributed by atoms with E-state index >= 15 is 0 Å². The highest BCUT2D eigenvalue weighted by atomic mass is 32.2. The lowest BCUT2D eigenvalue weighted by Gasteiger charge is -2.09. The summed E-state index contributed by atoms with van der Waals surface area (Å²) in [4.78, 5) is 21.6. The third-order valence-electron chi connectivity index (χ3n) is 4.39. The minimum Gasteiger partial charge on any atom is -0.469 e. The summed E-state index contributed by atoms with van der Waals surface area (Å²) in [7, 11) is 1.43. The summed E-state index contributed by atoms with van der Waals surface area (Å²) in [6.07, 6.45) is 1.20. The molecule has 3 rings (SSSR count). The van der Waals surface area contributed by atoms with Gasteiger partial charge in [-0.15, -0.1) is 23.1 Å². The van der Waals surface area contributed by atoms with Crippen LogP contribution in [0.2, 0.25) is 0 Å². The van der Waals surface area contributed by atoms with Crippen molar-refractivity contribution in [3.05, 3.63) is 41.0 Å². The van der Waals surface area contributed by atoms with Gasteiger partial charge in [0.1, 0.15) is 15.7 Å². The molecule has 142 valence electrons. The third-order valence-corrected chi connectivity index (χ3v) is 6.33. The van der Waals surface area contributed by atoms with E-state index < -0.39 is 0 Å². The van der Waals surface area contributed by atoms with Crippen molar-refractivity contribution in [1.82, 2.24) is 9.97 Å². The molecule has 0 saturated heterocycles. The molecule has 6 heteroatoms. The van der Waals surface area contributed by atoms with Gasteiger partial charge in [-0.1, -0.05) is 38.1 Å². The summed E-state index contributed by atoms with van der Waals surface area (Å²) >= 11 is 3.34. The van der Waals surface area contributed by atoms with Crippen molar-refractivity contribution in [1.29, 1.82) is 0 Å². The van der Waals surface area contributed by atoms with E-state index in [0.717, 1.165) is 33.2 Å². The number of hydrogen-bond donors (Lipinski definition) is 0. The SMILES string of the molecule is COC(=O)CCCSc1nc(C)nc2scc(-c3ccc(C(C)C)cc3)c12. The molecule has 0 aliphatic rings. The van der Waals surface area contributed by atoms with E-state index in [-0.39, 0.29) is 5.97 Å². The van der Waals surface area contributed by atoms with Crippen LogP contribution in [-0.2, 0) is 9.53 Å². The van der Waals surface area contributed by atoms with Gasteiger partial charge in [-0.3, -0.25) is 4.79 Å². The first kappa shape index (κ1) is 19.8. The number of benzene rings is 1. The second-order valence-electron chi connectivity index (χ2n) is 6.71. The molecular weight excluding hydrogens is 376 g/mol. The third kappa shape index (κ3) is 4.68. The Kier molecular flexibility index (Phi) is 6.50. The van der Waals surface area contributed by atoms with Crippen LogP contribution in [0.1, 0.15) is 44.0 Å². The van der Waals surface area contributed by atoms with Gasteiger partial charge in [0.15, 0.2) is 0 Å². The van der Waals surface area contributed by atoms with Crippen LogP contribution < -0.4 is 0 Å². The molecule has 0 amide bonds. The largest absolute Gasteiger partial charge is 0.469 e. The zero-order valence-electron chi connectivity index (χ0n) is 16.1. The van der Waals surface area contributed by atoms with Gasteiger partial charge in [-0.25, -0.2) is 9.97 Å². The summed E-state index contributed by atoms with van der Waals surface area (Å²) in [6, 6.07) is 8.76. The molecule has 0 unspecified atom stereocenters. The van der Waals surface area contributed by atoms with Gasteiger partial charge in [0.25, 0.3) is 0 Å². The van der Waals surface area contributed by atoms with Crippen molar-refractivity contribution in [3.63, 3.8) is 0 Å². The highest BCUT2D eigenvalue weighted by Gasteiger charge is 2.15. The summed E-state index contributed by atoms with van der Waals surface area (Å²) in [6.45, 7) is 6.33. The number of aryl methyl sites for hydroxylation is 1. The molecule has 4 nitrogen and oxygen atoms in total. The van der Waals surface area contributed by atoms with Gasteiger partial charge in [0.05, 0.1) is 12.5 Å². The molecule has 3 aromatic rings. The first-order chi connectivity index (χ1) is 13.0. The minimum atomic E-state index is -0.166. The lowest BCUT2D eigenvalue weighted by atomic mass is 9.99. The van der Waals surface area contributed by atoms with Gasteiger partial charge in [0.2, 0.25) is 0 Å². The number of thiophene rings is 1. The number of esters is 1. The number of hydrogen-bond acceptors (Lipinski definition) is 6. The fourth-order valence-corrected chi connectivity index (χ4v) is 4.95. The molecule has 0 atom stereocenters. The number of nitrogens with zero attached hydrogens (tertiary/aromatic N) is 2. The van der Waals surface area contributed by atoms with E-state index in [1.54, 1.807) is 23.1 Å². The summed E-state index contributed by atoms with van der Waals surface area (Å²) < 4.78 is 4.71. The number of carbonyl (C=O) groups is 1. The number of ether oxygens (including phenoxy) is 1. The van der Waals surface area contributed by atoms with Crippen LogP contribution >= 0.6 is 23.1 Å².